The third kappa shape index (κ3) is 3.69. The highest BCUT2D eigenvalue weighted by Crippen LogP contribution is 2.19. The van der Waals surface area contributed by atoms with Crippen LogP contribution in [-0.4, -0.2) is 54.4 Å². The second-order valence-corrected chi connectivity index (χ2v) is 4.60. The molecule has 7 heteroatoms. The van der Waals surface area contributed by atoms with Gasteiger partial charge in [-0.1, -0.05) is 0 Å². The SMILES string of the molecule is CCOc1nc(NC)nc(N(CC)CC2CCCO2)n1. The Morgan fingerprint density at radius 1 is 1.35 bits per heavy atom. The van der Waals surface area contributed by atoms with Crippen LogP contribution in [0.1, 0.15) is 26.7 Å². The Hall–Kier alpha value is -1.63. The first-order chi connectivity index (χ1) is 9.76. The number of aromatic nitrogens is 3. The van der Waals surface area contributed by atoms with E-state index < -0.39 is 0 Å². The van der Waals surface area contributed by atoms with E-state index in [2.05, 4.69) is 32.1 Å². The zero-order valence-corrected chi connectivity index (χ0v) is 12.4. The topological polar surface area (TPSA) is 72.4 Å². The molecule has 1 N–H and O–H groups in total. The number of nitrogens with zero attached hydrogens (tertiary/aromatic N) is 4. The summed E-state index contributed by atoms with van der Waals surface area (Å²) in [7, 11) is 1.78. The molecule has 1 aliphatic rings. The summed E-state index contributed by atoms with van der Waals surface area (Å²) in [6, 6.07) is 0.354. The molecule has 7 nitrogen and oxygen atoms in total. The van der Waals surface area contributed by atoms with E-state index in [4.69, 9.17) is 9.47 Å². The van der Waals surface area contributed by atoms with Gasteiger partial charge in [0.2, 0.25) is 11.9 Å². The highest BCUT2D eigenvalue weighted by Gasteiger charge is 2.21. The lowest BCUT2D eigenvalue weighted by atomic mass is 10.2. The Morgan fingerprint density at radius 2 is 2.20 bits per heavy atom. The highest BCUT2D eigenvalue weighted by atomic mass is 16.5. The van der Waals surface area contributed by atoms with Gasteiger partial charge in [-0.25, -0.2) is 0 Å². The lowest BCUT2D eigenvalue weighted by Crippen LogP contribution is -2.33. The molecular weight excluding hydrogens is 258 g/mol. The number of rotatable bonds is 7. The van der Waals surface area contributed by atoms with Crippen LogP contribution in [0, 0.1) is 0 Å². The predicted molar refractivity (Wildman–Crippen MR) is 77.4 cm³/mol. The molecule has 0 aromatic carbocycles. The predicted octanol–water partition coefficient (Wildman–Crippen LogP) is 1.32. The molecule has 1 saturated heterocycles. The fourth-order valence-electron chi connectivity index (χ4n) is 2.18. The van der Waals surface area contributed by atoms with E-state index in [1.165, 1.54) is 0 Å². The van der Waals surface area contributed by atoms with Crippen LogP contribution < -0.4 is 15.0 Å². The maximum Gasteiger partial charge on any atom is 0.323 e. The minimum atomic E-state index is 0.264. The summed E-state index contributed by atoms with van der Waals surface area (Å²) in [4.78, 5) is 15.0. The molecule has 20 heavy (non-hydrogen) atoms. The Bertz CT molecular complexity index is 423. The molecule has 0 aliphatic carbocycles. The van der Waals surface area contributed by atoms with Gasteiger partial charge < -0.3 is 19.7 Å². The van der Waals surface area contributed by atoms with Gasteiger partial charge in [-0.2, -0.15) is 15.0 Å². The summed E-state index contributed by atoms with van der Waals surface area (Å²) in [5, 5.41) is 2.94. The van der Waals surface area contributed by atoms with E-state index in [1.54, 1.807) is 7.05 Å². The van der Waals surface area contributed by atoms with Crippen molar-refractivity contribution in [2.24, 2.45) is 0 Å². The monoisotopic (exact) mass is 281 g/mol. The largest absolute Gasteiger partial charge is 0.464 e. The second-order valence-electron chi connectivity index (χ2n) is 4.60. The molecule has 1 atom stereocenters. The fourth-order valence-corrected chi connectivity index (χ4v) is 2.18. The van der Waals surface area contributed by atoms with Gasteiger partial charge in [0, 0.05) is 26.7 Å². The van der Waals surface area contributed by atoms with Crippen LogP contribution in [0.15, 0.2) is 0 Å². The van der Waals surface area contributed by atoms with Crippen molar-refractivity contribution in [1.82, 2.24) is 15.0 Å². The molecule has 0 amide bonds. The van der Waals surface area contributed by atoms with Gasteiger partial charge in [-0.15, -0.1) is 0 Å². The lowest BCUT2D eigenvalue weighted by molar-refractivity contribution is 0.115. The molecule has 2 rings (SSSR count). The van der Waals surface area contributed by atoms with Gasteiger partial charge in [-0.05, 0) is 26.7 Å². The summed E-state index contributed by atoms with van der Waals surface area (Å²) < 4.78 is 11.1. The Labute approximate surface area is 119 Å². The quantitative estimate of drug-likeness (QED) is 0.808. The average Bonchev–Trinajstić information content (AvgIpc) is 2.97. The molecule has 1 aromatic rings. The molecular formula is C13H23N5O2. The normalized spacial score (nSPS) is 18.1. The first kappa shape index (κ1) is 14.8. The van der Waals surface area contributed by atoms with Crippen molar-refractivity contribution < 1.29 is 9.47 Å². The molecule has 1 fully saturated rings. The zero-order valence-electron chi connectivity index (χ0n) is 12.4. The molecule has 1 aliphatic heterocycles. The molecule has 0 saturated carbocycles. The van der Waals surface area contributed by atoms with E-state index in [1.807, 2.05) is 6.92 Å². The number of likely N-dealkylation sites (N-methyl/N-ethyl adjacent to an activating group) is 1. The van der Waals surface area contributed by atoms with Crippen LogP contribution in [-0.2, 0) is 4.74 Å². The van der Waals surface area contributed by atoms with Crippen molar-refractivity contribution in [3.63, 3.8) is 0 Å². The summed E-state index contributed by atoms with van der Waals surface area (Å²) in [6.45, 7) is 6.99. The average molecular weight is 281 g/mol. The van der Waals surface area contributed by atoms with Gasteiger partial charge in [0.25, 0.3) is 0 Å². The first-order valence-electron chi connectivity index (χ1n) is 7.20. The smallest absolute Gasteiger partial charge is 0.323 e. The lowest BCUT2D eigenvalue weighted by Gasteiger charge is -2.24. The Morgan fingerprint density at radius 3 is 2.80 bits per heavy atom. The number of ether oxygens (including phenoxy) is 2. The van der Waals surface area contributed by atoms with Gasteiger partial charge in [0.15, 0.2) is 0 Å². The van der Waals surface area contributed by atoms with E-state index in [9.17, 15) is 0 Å². The van der Waals surface area contributed by atoms with Crippen molar-refractivity contribution in [3.8, 4) is 6.01 Å². The number of nitrogens with one attached hydrogen (secondary N) is 1. The minimum Gasteiger partial charge on any atom is -0.464 e. The summed E-state index contributed by atoms with van der Waals surface area (Å²) in [5.74, 6) is 1.15. The number of anilines is 2. The molecule has 1 aromatic heterocycles. The molecule has 0 bridgehead atoms. The van der Waals surface area contributed by atoms with E-state index >= 15 is 0 Å². The first-order valence-corrected chi connectivity index (χ1v) is 7.20. The van der Waals surface area contributed by atoms with Gasteiger partial charge >= 0.3 is 6.01 Å². The third-order valence-electron chi connectivity index (χ3n) is 3.21. The second kappa shape index (κ2) is 7.23. The molecule has 112 valence electrons. The van der Waals surface area contributed by atoms with E-state index in [0.29, 0.717) is 24.5 Å². The number of hydrogen-bond donors (Lipinski definition) is 1. The van der Waals surface area contributed by atoms with Crippen molar-refractivity contribution in [3.05, 3.63) is 0 Å². The van der Waals surface area contributed by atoms with Crippen LogP contribution >= 0.6 is 0 Å². The molecule has 1 unspecified atom stereocenters. The number of hydrogen-bond acceptors (Lipinski definition) is 7. The molecule has 0 radical (unpaired) electrons. The van der Waals surface area contributed by atoms with Crippen molar-refractivity contribution in [1.29, 1.82) is 0 Å². The third-order valence-corrected chi connectivity index (χ3v) is 3.21. The maximum absolute atomic E-state index is 5.68. The van der Waals surface area contributed by atoms with Crippen LogP contribution in [0.4, 0.5) is 11.9 Å². The van der Waals surface area contributed by atoms with Crippen LogP contribution in [0.3, 0.4) is 0 Å². The minimum absolute atomic E-state index is 0.264. The van der Waals surface area contributed by atoms with Crippen LogP contribution in [0.25, 0.3) is 0 Å². The molecule has 2 heterocycles. The highest BCUT2D eigenvalue weighted by molar-refractivity contribution is 5.38. The van der Waals surface area contributed by atoms with Gasteiger partial charge in [-0.3, -0.25) is 0 Å². The van der Waals surface area contributed by atoms with Crippen molar-refractivity contribution in [2.45, 2.75) is 32.8 Å². The molecule has 0 spiro atoms. The van der Waals surface area contributed by atoms with Crippen molar-refractivity contribution in [2.75, 3.05) is 43.6 Å². The van der Waals surface area contributed by atoms with E-state index in [0.717, 1.165) is 32.5 Å². The zero-order chi connectivity index (χ0) is 14.4. The summed E-state index contributed by atoms with van der Waals surface area (Å²) in [5.41, 5.74) is 0. The Kier molecular flexibility index (Phi) is 5.34. The van der Waals surface area contributed by atoms with E-state index in [-0.39, 0.29) is 6.10 Å². The van der Waals surface area contributed by atoms with Crippen LogP contribution in [0.5, 0.6) is 6.01 Å². The summed E-state index contributed by atoms with van der Waals surface area (Å²) >= 11 is 0. The van der Waals surface area contributed by atoms with Crippen molar-refractivity contribution >= 4 is 11.9 Å². The fraction of sp³-hybridized carbons (Fsp3) is 0.769. The summed E-state index contributed by atoms with van der Waals surface area (Å²) in [6.07, 6.45) is 2.49. The van der Waals surface area contributed by atoms with Gasteiger partial charge in [0.05, 0.1) is 12.7 Å². The van der Waals surface area contributed by atoms with Gasteiger partial charge in [0.1, 0.15) is 0 Å². The van der Waals surface area contributed by atoms with Crippen LogP contribution in [0.2, 0.25) is 0 Å². The Balaban J connectivity index is 2.15. The standard InChI is InChI=1S/C13H23N5O2/c1-4-18(9-10-7-6-8-20-10)12-15-11(14-3)16-13(17-12)19-5-2/h10H,4-9H2,1-3H3,(H,14,15,16,17). The maximum atomic E-state index is 5.68.